The van der Waals surface area contributed by atoms with Crippen LogP contribution in [0.4, 0.5) is 13.2 Å². The number of alkyl halides is 3. The first kappa shape index (κ1) is 22.8. The average Bonchev–Trinajstić information content (AvgIpc) is 2.61. The van der Waals surface area contributed by atoms with E-state index in [1.54, 1.807) is 27.2 Å². The van der Waals surface area contributed by atoms with Crippen LogP contribution < -0.4 is 10.6 Å². The number of ether oxygens (including phenoxy) is 1. The zero-order valence-corrected chi connectivity index (χ0v) is 15.9. The Balaban J connectivity index is 2.29. The fourth-order valence-electron chi connectivity index (χ4n) is 2.23. The highest BCUT2D eigenvalue weighted by Crippen LogP contribution is 2.14. The summed E-state index contributed by atoms with van der Waals surface area (Å²) in [5.74, 6) is 0.515. The monoisotopic (exact) mass is 388 g/mol. The largest absolute Gasteiger partial charge is 0.411 e. The molecule has 0 spiro atoms. The minimum absolute atomic E-state index is 0.0240. The molecule has 1 aromatic rings. The first-order valence-electron chi connectivity index (χ1n) is 8.62. The predicted molar refractivity (Wildman–Crippen MR) is 99.0 cm³/mol. The molecule has 1 aromatic carbocycles. The normalized spacial score (nSPS) is 12.0. The van der Waals surface area contributed by atoms with Gasteiger partial charge in [0.25, 0.3) is 5.91 Å². The molecule has 152 valence electrons. The molecule has 0 bridgehead atoms. The third kappa shape index (κ3) is 9.83. The van der Waals surface area contributed by atoms with E-state index in [1.165, 1.54) is 4.90 Å². The van der Waals surface area contributed by atoms with E-state index in [2.05, 4.69) is 20.4 Å². The van der Waals surface area contributed by atoms with Crippen LogP contribution in [0.15, 0.2) is 29.3 Å². The Labute approximate surface area is 157 Å². The molecule has 1 rings (SSSR count). The summed E-state index contributed by atoms with van der Waals surface area (Å²) in [4.78, 5) is 17.6. The van der Waals surface area contributed by atoms with Gasteiger partial charge >= 0.3 is 6.18 Å². The lowest BCUT2D eigenvalue weighted by atomic mass is 10.1. The maximum absolute atomic E-state index is 12.0. The molecular formula is C18H27F3N4O2. The second-order valence-corrected chi connectivity index (χ2v) is 6.10. The molecule has 0 saturated carbocycles. The van der Waals surface area contributed by atoms with E-state index >= 15 is 0 Å². The van der Waals surface area contributed by atoms with Crippen molar-refractivity contribution in [3.8, 4) is 0 Å². The first-order valence-corrected chi connectivity index (χ1v) is 8.62. The van der Waals surface area contributed by atoms with Crippen LogP contribution in [-0.4, -0.2) is 70.4 Å². The van der Waals surface area contributed by atoms with Gasteiger partial charge in [-0.15, -0.1) is 0 Å². The molecule has 0 aromatic heterocycles. The van der Waals surface area contributed by atoms with Gasteiger partial charge in [-0.2, -0.15) is 13.2 Å². The third-order valence-corrected chi connectivity index (χ3v) is 3.53. The zero-order chi connectivity index (χ0) is 20.3. The minimum Gasteiger partial charge on any atom is -0.372 e. The highest BCUT2D eigenvalue weighted by atomic mass is 19.4. The maximum atomic E-state index is 12.0. The Morgan fingerprint density at radius 3 is 2.56 bits per heavy atom. The van der Waals surface area contributed by atoms with Crippen molar-refractivity contribution < 1.29 is 22.7 Å². The summed E-state index contributed by atoms with van der Waals surface area (Å²) < 4.78 is 40.4. The van der Waals surface area contributed by atoms with E-state index in [0.29, 0.717) is 37.5 Å². The number of carbonyl (C=O) groups is 1. The summed E-state index contributed by atoms with van der Waals surface area (Å²) in [6.45, 7) is -0.153. The molecular weight excluding hydrogens is 361 g/mol. The molecule has 0 unspecified atom stereocenters. The number of halogens is 3. The second-order valence-electron chi connectivity index (χ2n) is 6.10. The minimum atomic E-state index is -4.29. The van der Waals surface area contributed by atoms with Crippen LogP contribution in [0.3, 0.4) is 0 Å². The van der Waals surface area contributed by atoms with Crippen molar-refractivity contribution in [2.24, 2.45) is 4.99 Å². The Bertz CT molecular complexity index is 619. The number of amides is 1. The van der Waals surface area contributed by atoms with Crippen molar-refractivity contribution in [2.75, 3.05) is 47.4 Å². The smallest absolute Gasteiger partial charge is 0.372 e. The number of carbonyl (C=O) groups excluding carboxylic acids is 1. The van der Waals surface area contributed by atoms with Crippen molar-refractivity contribution >= 4 is 11.9 Å². The molecule has 0 fully saturated rings. The van der Waals surface area contributed by atoms with Crippen molar-refractivity contribution in [1.29, 1.82) is 0 Å². The van der Waals surface area contributed by atoms with Gasteiger partial charge in [-0.05, 0) is 30.5 Å². The Hall–Kier alpha value is -2.29. The van der Waals surface area contributed by atoms with Gasteiger partial charge in [0.2, 0.25) is 0 Å². The van der Waals surface area contributed by atoms with E-state index < -0.39 is 12.8 Å². The fourth-order valence-corrected chi connectivity index (χ4v) is 2.23. The van der Waals surface area contributed by atoms with Gasteiger partial charge in [0.15, 0.2) is 5.96 Å². The van der Waals surface area contributed by atoms with Gasteiger partial charge in [0, 0.05) is 46.4 Å². The van der Waals surface area contributed by atoms with Crippen molar-refractivity contribution in [3.63, 3.8) is 0 Å². The van der Waals surface area contributed by atoms with E-state index in [1.807, 2.05) is 18.2 Å². The standard InChI is InChI=1S/C18H27F3N4O2/c1-22-17(23-9-5-11-27-13-18(19,20)21)24-10-8-14-6-4-7-15(12-14)16(26)25(2)3/h4,6-7,12H,5,8-11,13H2,1-3H3,(H2,22,23,24). The molecule has 9 heteroatoms. The number of aliphatic imine (C=N–C) groups is 1. The summed E-state index contributed by atoms with van der Waals surface area (Å²) in [7, 11) is 5.03. The van der Waals surface area contributed by atoms with Gasteiger partial charge in [0.1, 0.15) is 6.61 Å². The van der Waals surface area contributed by atoms with Gasteiger partial charge in [-0.3, -0.25) is 9.79 Å². The lowest BCUT2D eigenvalue weighted by Crippen LogP contribution is -2.39. The number of hydrogen-bond acceptors (Lipinski definition) is 3. The van der Waals surface area contributed by atoms with Gasteiger partial charge in [0.05, 0.1) is 0 Å². The third-order valence-electron chi connectivity index (χ3n) is 3.53. The summed E-state index contributed by atoms with van der Waals surface area (Å²) in [6, 6.07) is 7.43. The van der Waals surface area contributed by atoms with Crippen molar-refractivity contribution in [2.45, 2.75) is 19.0 Å². The summed E-state index contributed by atoms with van der Waals surface area (Å²) in [5.41, 5.74) is 1.66. The fraction of sp³-hybridized carbons (Fsp3) is 0.556. The Kier molecular flexibility index (Phi) is 9.63. The van der Waals surface area contributed by atoms with E-state index in [-0.39, 0.29) is 12.5 Å². The van der Waals surface area contributed by atoms with Crippen LogP contribution in [0.25, 0.3) is 0 Å². The SMILES string of the molecule is CN=C(NCCCOCC(F)(F)F)NCCc1cccc(C(=O)N(C)C)c1. The number of nitrogens with one attached hydrogen (secondary N) is 2. The summed E-state index contributed by atoms with van der Waals surface area (Å²) >= 11 is 0. The topological polar surface area (TPSA) is 66.0 Å². The number of benzene rings is 1. The second kappa shape index (κ2) is 11.4. The van der Waals surface area contributed by atoms with Gasteiger partial charge in [-0.25, -0.2) is 0 Å². The van der Waals surface area contributed by atoms with Crippen LogP contribution in [-0.2, 0) is 11.2 Å². The molecule has 0 saturated heterocycles. The summed E-state index contributed by atoms with van der Waals surface area (Å²) in [6.07, 6.45) is -3.16. The predicted octanol–water partition coefficient (Wildman–Crippen LogP) is 2.06. The quantitative estimate of drug-likeness (QED) is 0.386. The molecule has 2 N–H and O–H groups in total. The van der Waals surface area contributed by atoms with Crippen LogP contribution in [0.1, 0.15) is 22.3 Å². The van der Waals surface area contributed by atoms with Crippen molar-refractivity contribution in [1.82, 2.24) is 15.5 Å². The maximum Gasteiger partial charge on any atom is 0.411 e. The van der Waals surface area contributed by atoms with Crippen LogP contribution in [0, 0.1) is 0 Å². The molecule has 0 heterocycles. The van der Waals surface area contributed by atoms with E-state index in [0.717, 1.165) is 5.56 Å². The Morgan fingerprint density at radius 2 is 1.93 bits per heavy atom. The van der Waals surface area contributed by atoms with Gasteiger partial charge < -0.3 is 20.3 Å². The van der Waals surface area contributed by atoms with Crippen molar-refractivity contribution in [3.05, 3.63) is 35.4 Å². The first-order chi connectivity index (χ1) is 12.7. The summed E-state index contributed by atoms with van der Waals surface area (Å²) in [5, 5.41) is 6.14. The molecule has 27 heavy (non-hydrogen) atoms. The lowest BCUT2D eigenvalue weighted by Gasteiger charge is -2.13. The van der Waals surface area contributed by atoms with Gasteiger partial charge in [-0.1, -0.05) is 12.1 Å². The lowest BCUT2D eigenvalue weighted by molar-refractivity contribution is -0.173. The van der Waals surface area contributed by atoms with Crippen LogP contribution in [0.2, 0.25) is 0 Å². The highest BCUT2D eigenvalue weighted by molar-refractivity contribution is 5.94. The number of hydrogen-bond donors (Lipinski definition) is 2. The highest BCUT2D eigenvalue weighted by Gasteiger charge is 2.27. The average molecular weight is 388 g/mol. The number of guanidine groups is 1. The zero-order valence-electron chi connectivity index (χ0n) is 15.9. The molecule has 0 aliphatic heterocycles. The van der Waals surface area contributed by atoms with Crippen LogP contribution >= 0.6 is 0 Å². The molecule has 0 aliphatic rings. The molecule has 0 atom stereocenters. The molecule has 6 nitrogen and oxygen atoms in total. The molecule has 1 amide bonds. The number of nitrogens with zero attached hydrogens (tertiary/aromatic N) is 2. The number of rotatable bonds is 9. The molecule has 0 radical (unpaired) electrons. The molecule has 0 aliphatic carbocycles. The Morgan fingerprint density at radius 1 is 1.22 bits per heavy atom. The van der Waals surface area contributed by atoms with E-state index in [4.69, 9.17) is 0 Å². The van der Waals surface area contributed by atoms with E-state index in [9.17, 15) is 18.0 Å². The van der Waals surface area contributed by atoms with Crippen LogP contribution in [0.5, 0.6) is 0 Å².